The molecule has 0 aliphatic rings. The highest BCUT2D eigenvalue weighted by molar-refractivity contribution is 7.92. The molecule has 2 aromatic rings. The van der Waals surface area contributed by atoms with Gasteiger partial charge in [-0.2, -0.15) is 0 Å². The van der Waals surface area contributed by atoms with Crippen LogP contribution >= 0.6 is 23.2 Å². The van der Waals surface area contributed by atoms with E-state index in [0.29, 0.717) is 21.3 Å². The molecule has 0 fully saturated rings. The summed E-state index contributed by atoms with van der Waals surface area (Å²) in [6, 6.07) is 11.4. The topological polar surface area (TPSA) is 86.8 Å². The van der Waals surface area contributed by atoms with Crippen LogP contribution in [0.15, 0.2) is 42.5 Å². The van der Waals surface area contributed by atoms with Crippen molar-refractivity contribution in [1.82, 2.24) is 10.2 Å². The summed E-state index contributed by atoms with van der Waals surface area (Å²) in [6.07, 6.45) is 1.48. The van der Waals surface area contributed by atoms with Crippen LogP contribution < -0.4 is 9.62 Å². The van der Waals surface area contributed by atoms with E-state index < -0.39 is 16.1 Å². The molecule has 2 rings (SSSR count). The number of sulfonamides is 1. The zero-order valence-corrected chi connectivity index (χ0v) is 21.5. The second-order valence-corrected chi connectivity index (χ2v) is 10.6. The number of anilines is 1. The fourth-order valence-corrected chi connectivity index (χ4v) is 4.77. The van der Waals surface area contributed by atoms with Gasteiger partial charge in [0, 0.05) is 36.6 Å². The monoisotopic (exact) mass is 513 g/mol. The molecule has 0 aromatic heterocycles. The maximum atomic E-state index is 13.1. The molecule has 0 bridgehead atoms. The normalized spacial score (nSPS) is 12.2. The summed E-state index contributed by atoms with van der Waals surface area (Å²) in [6.45, 7) is 3.81. The summed E-state index contributed by atoms with van der Waals surface area (Å²) >= 11 is 12.2. The fraction of sp³-hybridized carbons (Fsp3) is 0.391. The van der Waals surface area contributed by atoms with E-state index in [1.165, 1.54) is 16.3 Å². The predicted octanol–water partition coefficient (Wildman–Crippen LogP) is 4.01. The Balaban J connectivity index is 2.16. The quantitative estimate of drug-likeness (QED) is 0.519. The van der Waals surface area contributed by atoms with Crippen molar-refractivity contribution < 1.29 is 18.0 Å². The molecule has 2 aromatic carbocycles. The Morgan fingerprint density at radius 1 is 1.09 bits per heavy atom. The number of hydrogen-bond donors (Lipinski definition) is 1. The SMILES string of the molecule is CNC(=O)C(C)N(Cc1ccc(Cl)cc1Cl)C(=O)CCCN(c1ccc(C)cc1)S(C)(=O)=O. The first-order chi connectivity index (χ1) is 15.4. The van der Waals surface area contributed by atoms with E-state index in [-0.39, 0.29) is 37.7 Å². The molecule has 1 unspecified atom stereocenters. The molecular weight excluding hydrogens is 485 g/mol. The van der Waals surface area contributed by atoms with Gasteiger partial charge in [-0.1, -0.05) is 47.0 Å². The van der Waals surface area contributed by atoms with E-state index in [2.05, 4.69) is 5.32 Å². The molecule has 0 saturated carbocycles. The van der Waals surface area contributed by atoms with Crippen LogP contribution in [-0.2, 0) is 26.2 Å². The molecular formula is C23H29Cl2N3O4S. The Morgan fingerprint density at radius 3 is 2.27 bits per heavy atom. The highest BCUT2D eigenvalue weighted by Gasteiger charge is 2.26. The van der Waals surface area contributed by atoms with Crippen LogP contribution in [0.2, 0.25) is 10.0 Å². The smallest absolute Gasteiger partial charge is 0.242 e. The van der Waals surface area contributed by atoms with Crippen molar-refractivity contribution in [2.75, 3.05) is 24.2 Å². The van der Waals surface area contributed by atoms with Crippen molar-refractivity contribution in [3.05, 3.63) is 63.6 Å². The molecule has 0 heterocycles. The predicted molar refractivity (Wildman–Crippen MR) is 133 cm³/mol. The van der Waals surface area contributed by atoms with Gasteiger partial charge in [0.2, 0.25) is 21.8 Å². The van der Waals surface area contributed by atoms with E-state index in [9.17, 15) is 18.0 Å². The van der Waals surface area contributed by atoms with Crippen molar-refractivity contribution in [2.45, 2.75) is 39.3 Å². The van der Waals surface area contributed by atoms with Crippen LogP contribution in [0.25, 0.3) is 0 Å². The van der Waals surface area contributed by atoms with Crippen LogP contribution in [-0.4, -0.2) is 51.0 Å². The molecule has 1 atom stereocenters. The van der Waals surface area contributed by atoms with E-state index in [1.807, 2.05) is 19.1 Å². The van der Waals surface area contributed by atoms with Crippen LogP contribution in [0.4, 0.5) is 5.69 Å². The summed E-state index contributed by atoms with van der Waals surface area (Å²) in [5.41, 5.74) is 2.21. The fourth-order valence-electron chi connectivity index (χ4n) is 3.34. The number of amides is 2. The van der Waals surface area contributed by atoms with Gasteiger partial charge < -0.3 is 10.2 Å². The molecule has 33 heavy (non-hydrogen) atoms. The molecule has 10 heteroatoms. The molecule has 180 valence electrons. The van der Waals surface area contributed by atoms with E-state index in [4.69, 9.17) is 23.2 Å². The average Bonchev–Trinajstić information content (AvgIpc) is 2.75. The number of carbonyl (C=O) groups excluding carboxylic acids is 2. The third-order valence-corrected chi connectivity index (χ3v) is 7.02. The van der Waals surface area contributed by atoms with Crippen molar-refractivity contribution in [1.29, 1.82) is 0 Å². The lowest BCUT2D eigenvalue weighted by molar-refractivity contribution is -0.140. The lowest BCUT2D eigenvalue weighted by Crippen LogP contribution is -2.46. The molecule has 0 aliphatic carbocycles. The second kappa shape index (κ2) is 11.7. The highest BCUT2D eigenvalue weighted by Crippen LogP contribution is 2.24. The Hall–Kier alpha value is -2.29. The van der Waals surface area contributed by atoms with Gasteiger partial charge in [-0.05, 0) is 50.1 Å². The van der Waals surface area contributed by atoms with Crippen molar-refractivity contribution in [2.24, 2.45) is 0 Å². The standard InChI is InChI=1S/C23H29Cl2N3O4S/c1-16-7-11-20(12-8-16)28(33(4,31)32)13-5-6-22(29)27(17(2)23(30)26-3)15-18-9-10-19(24)14-21(18)25/h7-12,14,17H,5-6,13,15H2,1-4H3,(H,26,30). The number of halogens is 2. The Bertz CT molecular complexity index is 1090. The second-order valence-electron chi connectivity index (χ2n) is 7.82. The summed E-state index contributed by atoms with van der Waals surface area (Å²) in [5.74, 6) is -0.597. The van der Waals surface area contributed by atoms with Crippen molar-refractivity contribution >= 4 is 50.7 Å². The van der Waals surface area contributed by atoms with Crippen LogP contribution in [0, 0.1) is 6.92 Å². The number of benzene rings is 2. The van der Waals surface area contributed by atoms with Gasteiger partial charge in [0.15, 0.2) is 0 Å². The number of aryl methyl sites for hydroxylation is 1. The zero-order valence-electron chi connectivity index (χ0n) is 19.1. The Morgan fingerprint density at radius 2 is 1.73 bits per heavy atom. The summed E-state index contributed by atoms with van der Waals surface area (Å²) in [4.78, 5) is 26.8. The van der Waals surface area contributed by atoms with Crippen LogP contribution in [0.1, 0.15) is 30.9 Å². The van der Waals surface area contributed by atoms with E-state index in [0.717, 1.165) is 11.8 Å². The van der Waals surface area contributed by atoms with Crippen molar-refractivity contribution in [3.63, 3.8) is 0 Å². The first-order valence-corrected chi connectivity index (χ1v) is 13.0. The average molecular weight is 514 g/mol. The zero-order chi connectivity index (χ0) is 24.8. The minimum Gasteiger partial charge on any atom is -0.357 e. The summed E-state index contributed by atoms with van der Waals surface area (Å²) < 4.78 is 25.9. The van der Waals surface area contributed by atoms with Gasteiger partial charge in [-0.3, -0.25) is 13.9 Å². The van der Waals surface area contributed by atoms with Gasteiger partial charge in [0.25, 0.3) is 0 Å². The maximum Gasteiger partial charge on any atom is 0.242 e. The Kier molecular flexibility index (Phi) is 9.57. The Labute approximate surface area is 205 Å². The van der Waals surface area contributed by atoms with Gasteiger partial charge >= 0.3 is 0 Å². The minimum absolute atomic E-state index is 0.0599. The summed E-state index contributed by atoms with van der Waals surface area (Å²) in [5, 5.41) is 3.42. The van der Waals surface area contributed by atoms with Gasteiger partial charge in [0.05, 0.1) is 11.9 Å². The van der Waals surface area contributed by atoms with Gasteiger partial charge in [0.1, 0.15) is 6.04 Å². The largest absolute Gasteiger partial charge is 0.357 e. The molecule has 0 radical (unpaired) electrons. The summed E-state index contributed by atoms with van der Waals surface area (Å²) in [7, 11) is -2.02. The number of hydrogen-bond acceptors (Lipinski definition) is 4. The molecule has 0 spiro atoms. The highest BCUT2D eigenvalue weighted by atomic mass is 35.5. The molecule has 1 N–H and O–H groups in total. The maximum absolute atomic E-state index is 13.1. The third-order valence-electron chi connectivity index (χ3n) is 5.24. The van der Waals surface area contributed by atoms with Crippen molar-refractivity contribution in [3.8, 4) is 0 Å². The minimum atomic E-state index is -3.53. The lowest BCUT2D eigenvalue weighted by Gasteiger charge is -2.29. The number of likely N-dealkylation sites (N-methyl/N-ethyl adjacent to an activating group) is 1. The van der Waals surface area contributed by atoms with E-state index in [1.54, 1.807) is 37.3 Å². The first-order valence-electron chi connectivity index (χ1n) is 10.4. The lowest BCUT2D eigenvalue weighted by atomic mass is 10.1. The van der Waals surface area contributed by atoms with Crippen LogP contribution in [0.3, 0.4) is 0 Å². The first kappa shape index (κ1) is 27.0. The number of nitrogens with zero attached hydrogens (tertiary/aromatic N) is 2. The molecule has 0 aliphatic heterocycles. The van der Waals surface area contributed by atoms with Gasteiger partial charge in [-0.25, -0.2) is 8.42 Å². The third kappa shape index (κ3) is 7.62. The van der Waals surface area contributed by atoms with Gasteiger partial charge in [-0.15, -0.1) is 0 Å². The molecule has 0 saturated heterocycles. The molecule has 2 amide bonds. The molecule has 7 nitrogen and oxygen atoms in total. The number of carbonyl (C=O) groups is 2. The van der Waals surface area contributed by atoms with E-state index >= 15 is 0 Å². The number of nitrogens with one attached hydrogen (secondary N) is 1. The van der Waals surface area contributed by atoms with Crippen LogP contribution in [0.5, 0.6) is 0 Å². The number of rotatable bonds is 10.